The summed E-state index contributed by atoms with van der Waals surface area (Å²) >= 11 is 6.40. The third-order valence-corrected chi connectivity index (χ3v) is 5.49. The van der Waals surface area contributed by atoms with Gasteiger partial charge in [-0.2, -0.15) is 0 Å². The van der Waals surface area contributed by atoms with Crippen molar-refractivity contribution in [1.29, 1.82) is 0 Å². The molecule has 0 atom stereocenters. The molecule has 0 N–H and O–H groups in total. The zero-order valence-corrected chi connectivity index (χ0v) is 19.6. The Bertz CT molecular complexity index is 971. The van der Waals surface area contributed by atoms with Gasteiger partial charge in [0.1, 0.15) is 5.75 Å². The van der Waals surface area contributed by atoms with Gasteiger partial charge < -0.3 is 24.0 Å². The summed E-state index contributed by atoms with van der Waals surface area (Å²) in [6, 6.07) is 10.3. The smallest absolute Gasteiger partial charge is 0.254 e. The van der Waals surface area contributed by atoms with E-state index in [0.29, 0.717) is 72.1 Å². The summed E-state index contributed by atoms with van der Waals surface area (Å²) in [4.78, 5) is 29.3. The zero-order valence-electron chi connectivity index (χ0n) is 18.9. The lowest BCUT2D eigenvalue weighted by atomic mass is 10.1. The predicted molar refractivity (Wildman–Crippen MR) is 123 cm³/mol. The quantitative estimate of drug-likeness (QED) is 0.625. The Morgan fingerprint density at radius 1 is 0.938 bits per heavy atom. The minimum atomic E-state index is -0.158. The Labute approximate surface area is 193 Å². The van der Waals surface area contributed by atoms with Gasteiger partial charge in [0.15, 0.2) is 11.5 Å². The maximum Gasteiger partial charge on any atom is 0.254 e. The standard InChI is InChI=1S/C24H29ClN2O5/c1-16(2)15-32-22-20(25)13-18(14-21(22)31-4)24(29)27-10-8-26(9-11-27)23(28)17-6-5-7-19(12-17)30-3/h5-7,12-14,16H,8-11,15H2,1-4H3. The van der Waals surface area contributed by atoms with E-state index in [4.69, 9.17) is 25.8 Å². The van der Waals surface area contributed by atoms with Crippen LogP contribution in [-0.4, -0.2) is 68.6 Å². The summed E-state index contributed by atoms with van der Waals surface area (Å²) in [5.41, 5.74) is 0.994. The third-order valence-electron chi connectivity index (χ3n) is 5.21. The highest BCUT2D eigenvalue weighted by molar-refractivity contribution is 6.32. The second kappa shape index (κ2) is 10.6. The first-order valence-electron chi connectivity index (χ1n) is 10.6. The highest BCUT2D eigenvalue weighted by atomic mass is 35.5. The largest absolute Gasteiger partial charge is 0.497 e. The average molecular weight is 461 g/mol. The summed E-state index contributed by atoms with van der Waals surface area (Å²) < 4.78 is 16.4. The van der Waals surface area contributed by atoms with E-state index in [-0.39, 0.29) is 11.8 Å². The molecule has 1 fully saturated rings. The van der Waals surface area contributed by atoms with E-state index >= 15 is 0 Å². The van der Waals surface area contributed by atoms with Gasteiger partial charge in [0.25, 0.3) is 11.8 Å². The van der Waals surface area contributed by atoms with Gasteiger partial charge in [0.2, 0.25) is 0 Å². The Morgan fingerprint density at radius 2 is 1.56 bits per heavy atom. The lowest BCUT2D eigenvalue weighted by Gasteiger charge is -2.35. The second-order valence-electron chi connectivity index (χ2n) is 8.01. The van der Waals surface area contributed by atoms with Crippen molar-refractivity contribution in [2.45, 2.75) is 13.8 Å². The van der Waals surface area contributed by atoms with Crippen LogP contribution in [0.15, 0.2) is 36.4 Å². The van der Waals surface area contributed by atoms with E-state index < -0.39 is 0 Å². The molecular weight excluding hydrogens is 432 g/mol. The zero-order chi connectivity index (χ0) is 23.3. The summed E-state index contributed by atoms with van der Waals surface area (Å²) in [6.45, 7) is 6.32. The van der Waals surface area contributed by atoms with E-state index in [1.807, 2.05) is 13.8 Å². The molecule has 2 aromatic carbocycles. The molecule has 3 rings (SSSR count). The highest BCUT2D eigenvalue weighted by Crippen LogP contribution is 2.37. The van der Waals surface area contributed by atoms with Gasteiger partial charge in [-0.25, -0.2) is 0 Å². The number of nitrogens with zero attached hydrogens (tertiary/aromatic N) is 2. The van der Waals surface area contributed by atoms with E-state index in [1.54, 1.807) is 53.3 Å². The molecule has 1 saturated heterocycles. The van der Waals surface area contributed by atoms with Crippen LogP contribution in [-0.2, 0) is 0 Å². The van der Waals surface area contributed by atoms with E-state index in [9.17, 15) is 9.59 Å². The minimum absolute atomic E-state index is 0.0765. The number of methoxy groups -OCH3 is 2. The first-order chi connectivity index (χ1) is 15.3. The fraction of sp³-hybridized carbons (Fsp3) is 0.417. The monoisotopic (exact) mass is 460 g/mol. The SMILES string of the molecule is COc1cccc(C(=O)N2CCN(C(=O)c3cc(Cl)c(OCC(C)C)c(OC)c3)CC2)c1. The van der Waals surface area contributed by atoms with E-state index in [2.05, 4.69) is 0 Å². The lowest BCUT2D eigenvalue weighted by Crippen LogP contribution is -2.50. The van der Waals surface area contributed by atoms with Crippen LogP contribution < -0.4 is 14.2 Å². The third kappa shape index (κ3) is 5.46. The van der Waals surface area contributed by atoms with Crippen LogP contribution in [0, 0.1) is 5.92 Å². The minimum Gasteiger partial charge on any atom is -0.497 e. The van der Waals surface area contributed by atoms with Crippen LogP contribution in [0.2, 0.25) is 5.02 Å². The van der Waals surface area contributed by atoms with Crippen LogP contribution in [0.25, 0.3) is 0 Å². The number of amides is 2. The molecule has 32 heavy (non-hydrogen) atoms. The van der Waals surface area contributed by atoms with Gasteiger partial charge >= 0.3 is 0 Å². The summed E-state index contributed by atoms with van der Waals surface area (Å²) in [7, 11) is 3.09. The first-order valence-corrected chi connectivity index (χ1v) is 10.9. The summed E-state index contributed by atoms with van der Waals surface area (Å²) in [6.07, 6.45) is 0. The van der Waals surface area contributed by atoms with Crippen molar-refractivity contribution < 1.29 is 23.8 Å². The van der Waals surface area contributed by atoms with Gasteiger partial charge in [-0.15, -0.1) is 0 Å². The molecule has 0 spiro atoms. The van der Waals surface area contributed by atoms with Crippen molar-refractivity contribution in [1.82, 2.24) is 9.80 Å². The number of hydrogen-bond donors (Lipinski definition) is 0. The summed E-state index contributed by atoms with van der Waals surface area (Å²) in [5.74, 6) is 1.59. The number of benzene rings is 2. The molecule has 1 aliphatic heterocycles. The molecule has 0 unspecified atom stereocenters. The van der Waals surface area contributed by atoms with E-state index in [1.165, 1.54) is 7.11 Å². The number of ether oxygens (including phenoxy) is 3. The molecule has 0 aliphatic carbocycles. The molecule has 0 aromatic heterocycles. The number of carbonyl (C=O) groups is 2. The molecule has 0 radical (unpaired) electrons. The lowest BCUT2D eigenvalue weighted by molar-refractivity contribution is 0.0535. The average Bonchev–Trinajstić information content (AvgIpc) is 2.81. The van der Waals surface area contributed by atoms with Gasteiger partial charge in [-0.1, -0.05) is 31.5 Å². The first kappa shape index (κ1) is 23.7. The van der Waals surface area contributed by atoms with Crippen LogP contribution in [0.4, 0.5) is 0 Å². The number of carbonyl (C=O) groups excluding carboxylic acids is 2. The molecule has 172 valence electrons. The maximum absolute atomic E-state index is 13.1. The van der Waals surface area contributed by atoms with Crippen LogP contribution >= 0.6 is 11.6 Å². The Morgan fingerprint density at radius 3 is 2.12 bits per heavy atom. The van der Waals surface area contributed by atoms with Crippen LogP contribution in [0.3, 0.4) is 0 Å². The fourth-order valence-corrected chi connectivity index (χ4v) is 3.73. The second-order valence-corrected chi connectivity index (χ2v) is 8.42. The summed E-state index contributed by atoms with van der Waals surface area (Å²) in [5, 5.41) is 0.334. The molecule has 2 amide bonds. The van der Waals surface area contributed by atoms with Crippen LogP contribution in [0.5, 0.6) is 17.2 Å². The van der Waals surface area contributed by atoms with Crippen molar-refractivity contribution >= 4 is 23.4 Å². The van der Waals surface area contributed by atoms with Gasteiger partial charge in [-0.05, 0) is 36.2 Å². The molecule has 0 bridgehead atoms. The normalized spacial score (nSPS) is 13.8. The molecule has 0 saturated carbocycles. The number of halogens is 1. The van der Waals surface area contributed by atoms with Crippen molar-refractivity contribution in [2.24, 2.45) is 5.92 Å². The number of rotatable bonds is 7. The van der Waals surface area contributed by atoms with Crippen LogP contribution in [0.1, 0.15) is 34.6 Å². The van der Waals surface area contributed by atoms with E-state index in [0.717, 1.165) is 0 Å². The molecule has 1 aliphatic rings. The molecular formula is C24H29ClN2O5. The van der Waals surface area contributed by atoms with Crippen molar-refractivity contribution in [3.8, 4) is 17.2 Å². The number of hydrogen-bond acceptors (Lipinski definition) is 5. The highest BCUT2D eigenvalue weighted by Gasteiger charge is 2.27. The molecule has 1 heterocycles. The van der Waals surface area contributed by atoms with Crippen molar-refractivity contribution in [3.05, 3.63) is 52.5 Å². The van der Waals surface area contributed by atoms with Crippen molar-refractivity contribution in [3.63, 3.8) is 0 Å². The molecule has 2 aromatic rings. The predicted octanol–water partition coefficient (Wildman–Crippen LogP) is 3.99. The Balaban J connectivity index is 1.67. The maximum atomic E-state index is 13.1. The molecule has 7 nitrogen and oxygen atoms in total. The fourth-order valence-electron chi connectivity index (χ4n) is 3.47. The topological polar surface area (TPSA) is 68.3 Å². The Hall–Kier alpha value is -2.93. The van der Waals surface area contributed by atoms with Gasteiger partial charge in [0, 0.05) is 37.3 Å². The molecule has 8 heteroatoms. The van der Waals surface area contributed by atoms with Crippen molar-refractivity contribution in [2.75, 3.05) is 47.0 Å². The van der Waals surface area contributed by atoms with Gasteiger partial charge in [0.05, 0.1) is 25.8 Å². The number of piperazine rings is 1. The Kier molecular flexibility index (Phi) is 7.85. The van der Waals surface area contributed by atoms with Gasteiger partial charge in [-0.3, -0.25) is 9.59 Å².